The van der Waals surface area contributed by atoms with Gasteiger partial charge in [0.05, 0.1) is 60.0 Å². The molecule has 6 heterocycles. The molecule has 5 aromatic carbocycles. The first-order chi connectivity index (χ1) is 45.1. The Kier molecular flexibility index (Phi) is 23.0. The number of carbonyl (C=O) groups excluding carboxylic acids is 3. The third kappa shape index (κ3) is 16.4. The summed E-state index contributed by atoms with van der Waals surface area (Å²) in [4.78, 5) is 52.2. The van der Waals surface area contributed by atoms with Crippen LogP contribution in [-0.4, -0.2) is 88.2 Å². The molecule has 0 bridgehead atoms. The number of hydrogen-bond donors (Lipinski definition) is 4. The van der Waals surface area contributed by atoms with E-state index in [1.807, 2.05) is 32.9 Å². The standard InChI is InChI=1S/C28H27ClFNO5.C27H23ClFNO6.C16H14ClFN2O2/c1-4-11-35-25-10-6-17(15-26(25)34-3)23(32)8-9-24(33)22-14-19-12-16(2)36-28(19)27(31-22)18-5-7-21(30)20(29)13-18;1-15-11-18-13-21(30-26(27(18)36-15)17-3-5-20(29)19(28)12-17)23(33)7-6-22(32)16-4-8-24(35-10-9-31)25(14-16)34-2;1-8-4-10-6-13(14(21)7-19)20-15(16(10)22-8)9-2-3-12(18)11(17)5-9/h5-7,10,12-15,24,33H,4,8-9,11H2,1-3H3;3-5,8,11-14,31H,6-7,9-10H2,1-2H3;2-6,14,21H,7,19H2,1H3. The van der Waals surface area contributed by atoms with Crippen molar-refractivity contribution in [2.45, 2.75) is 72.0 Å². The number of ether oxygens (including phenoxy) is 4. The van der Waals surface area contributed by atoms with Crippen molar-refractivity contribution in [2.75, 3.05) is 40.6 Å². The minimum absolute atomic E-state index is 0.000467. The van der Waals surface area contributed by atoms with E-state index in [1.54, 1.807) is 73.7 Å². The van der Waals surface area contributed by atoms with Crippen LogP contribution in [0.2, 0.25) is 15.1 Å². The van der Waals surface area contributed by atoms with Gasteiger partial charge in [0.2, 0.25) is 0 Å². The van der Waals surface area contributed by atoms with Crippen LogP contribution < -0.4 is 24.7 Å². The predicted molar refractivity (Wildman–Crippen MR) is 352 cm³/mol. The van der Waals surface area contributed by atoms with Gasteiger partial charge in [0.15, 0.2) is 57.1 Å². The molecule has 94 heavy (non-hydrogen) atoms. The van der Waals surface area contributed by atoms with Crippen molar-refractivity contribution in [1.82, 2.24) is 15.0 Å². The fourth-order valence-corrected chi connectivity index (χ4v) is 10.6. The van der Waals surface area contributed by atoms with Crippen LogP contribution in [0.4, 0.5) is 13.2 Å². The number of benzene rings is 5. The number of methoxy groups -OCH3 is 2. The molecule has 488 valence electrons. The van der Waals surface area contributed by atoms with Crippen molar-refractivity contribution < 1.29 is 75.1 Å². The van der Waals surface area contributed by atoms with E-state index in [-0.39, 0.29) is 83.6 Å². The topological polar surface area (TPSA) is 253 Å². The Labute approximate surface area is 552 Å². The molecule has 0 aliphatic carbocycles. The van der Waals surface area contributed by atoms with E-state index in [4.69, 9.17) is 77.8 Å². The van der Waals surface area contributed by atoms with Crippen LogP contribution in [-0.2, 0) is 0 Å². The largest absolute Gasteiger partial charge is 0.493 e. The summed E-state index contributed by atoms with van der Waals surface area (Å²) in [5.74, 6) is 1.51. The molecule has 11 rings (SSSR count). The number of nitrogens with zero attached hydrogens (tertiary/aromatic N) is 3. The lowest BCUT2D eigenvalue weighted by Gasteiger charge is -2.13. The number of ketones is 3. The first kappa shape index (κ1) is 69.2. The fourth-order valence-electron chi connectivity index (χ4n) is 10.0. The average molecular weight is 1340 g/mol. The van der Waals surface area contributed by atoms with Gasteiger partial charge in [-0.1, -0.05) is 41.7 Å². The van der Waals surface area contributed by atoms with Gasteiger partial charge in [-0.25, -0.2) is 28.1 Å². The van der Waals surface area contributed by atoms with Gasteiger partial charge in [-0.2, -0.15) is 0 Å². The highest BCUT2D eigenvalue weighted by molar-refractivity contribution is 6.31. The molecule has 0 amide bonds. The summed E-state index contributed by atoms with van der Waals surface area (Å²) in [6.45, 7) is 7.96. The second kappa shape index (κ2) is 31.2. The zero-order chi connectivity index (χ0) is 67.5. The Hall–Kier alpha value is -9.12. The number of aliphatic hydroxyl groups excluding tert-OH is 3. The molecule has 0 radical (unpaired) electrons. The van der Waals surface area contributed by atoms with E-state index >= 15 is 0 Å². The molecule has 17 nitrogen and oxygen atoms in total. The molecular weight excluding hydrogens is 1280 g/mol. The maximum Gasteiger partial charge on any atom is 0.181 e. The molecule has 2 atom stereocenters. The van der Waals surface area contributed by atoms with E-state index in [2.05, 4.69) is 15.0 Å². The number of aliphatic hydroxyl groups is 3. The summed E-state index contributed by atoms with van der Waals surface area (Å²) in [5, 5.41) is 31.9. The van der Waals surface area contributed by atoms with Gasteiger partial charge < -0.3 is 53.3 Å². The number of fused-ring (bicyclic) bond motifs is 3. The summed E-state index contributed by atoms with van der Waals surface area (Å²) < 4.78 is 79.7. The molecule has 6 aromatic heterocycles. The van der Waals surface area contributed by atoms with Crippen molar-refractivity contribution in [2.24, 2.45) is 5.73 Å². The molecule has 11 aromatic rings. The number of rotatable bonds is 23. The van der Waals surface area contributed by atoms with Gasteiger partial charge in [0.1, 0.15) is 70.2 Å². The Morgan fingerprint density at radius 2 is 0.915 bits per heavy atom. The number of aryl methyl sites for hydroxylation is 3. The van der Waals surface area contributed by atoms with Gasteiger partial charge in [-0.15, -0.1) is 0 Å². The molecule has 0 aliphatic heterocycles. The second-order valence-electron chi connectivity index (χ2n) is 21.6. The third-order valence-corrected chi connectivity index (χ3v) is 15.6. The number of pyridine rings is 3. The Balaban J connectivity index is 0.000000171. The van der Waals surface area contributed by atoms with Crippen molar-refractivity contribution in [3.05, 3.63) is 205 Å². The summed E-state index contributed by atoms with van der Waals surface area (Å²) in [5.41, 5.74) is 11.8. The second-order valence-corrected chi connectivity index (χ2v) is 22.8. The summed E-state index contributed by atoms with van der Waals surface area (Å²) in [6.07, 6.45) is -0.874. The van der Waals surface area contributed by atoms with Gasteiger partial charge in [0, 0.05) is 69.8 Å². The number of halogens is 6. The van der Waals surface area contributed by atoms with Crippen LogP contribution >= 0.6 is 34.8 Å². The third-order valence-electron chi connectivity index (χ3n) is 14.7. The number of carbonyl (C=O) groups is 3. The van der Waals surface area contributed by atoms with Crippen LogP contribution in [0.5, 0.6) is 23.0 Å². The quantitative estimate of drug-likeness (QED) is 0.0434. The molecular formula is C71H64Cl3F3N4O13. The van der Waals surface area contributed by atoms with Crippen molar-refractivity contribution in [3.8, 4) is 56.8 Å². The summed E-state index contributed by atoms with van der Waals surface area (Å²) in [7, 11) is 2.97. The highest BCUT2D eigenvalue weighted by Gasteiger charge is 2.24. The zero-order valence-electron chi connectivity index (χ0n) is 51.8. The lowest BCUT2D eigenvalue weighted by Crippen LogP contribution is -2.13. The summed E-state index contributed by atoms with van der Waals surface area (Å²) >= 11 is 17.8. The Morgan fingerprint density at radius 1 is 0.511 bits per heavy atom. The number of nitrogens with two attached hydrogens (primary N) is 1. The van der Waals surface area contributed by atoms with Crippen LogP contribution in [0.1, 0.15) is 111 Å². The molecule has 2 unspecified atom stereocenters. The highest BCUT2D eigenvalue weighted by Crippen LogP contribution is 2.38. The monoisotopic (exact) mass is 1340 g/mol. The van der Waals surface area contributed by atoms with E-state index < -0.39 is 29.7 Å². The maximum absolute atomic E-state index is 13.7. The van der Waals surface area contributed by atoms with Crippen LogP contribution in [0.3, 0.4) is 0 Å². The van der Waals surface area contributed by atoms with Crippen molar-refractivity contribution in [1.29, 1.82) is 0 Å². The van der Waals surface area contributed by atoms with Gasteiger partial charge in [0.25, 0.3) is 0 Å². The van der Waals surface area contributed by atoms with Crippen LogP contribution in [0, 0.1) is 38.2 Å². The predicted octanol–water partition coefficient (Wildman–Crippen LogP) is 16.5. The van der Waals surface area contributed by atoms with Crippen molar-refractivity contribution in [3.63, 3.8) is 0 Å². The molecule has 23 heteroatoms. The van der Waals surface area contributed by atoms with Crippen LogP contribution in [0.25, 0.3) is 66.7 Å². The highest BCUT2D eigenvalue weighted by atomic mass is 35.5. The maximum atomic E-state index is 13.7. The normalized spacial score (nSPS) is 11.8. The first-order valence-corrected chi connectivity index (χ1v) is 30.7. The number of hydrogen-bond acceptors (Lipinski definition) is 17. The first-order valence-electron chi connectivity index (χ1n) is 29.6. The molecule has 5 N–H and O–H groups in total. The Bertz CT molecular complexity index is 4590. The Morgan fingerprint density at radius 3 is 1.33 bits per heavy atom. The van der Waals surface area contributed by atoms with Crippen molar-refractivity contribution >= 4 is 85.1 Å². The molecule has 0 fully saturated rings. The van der Waals surface area contributed by atoms with E-state index in [0.717, 1.165) is 17.2 Å². The minimum atomic E-state index is -1.00. The molecule has 0 spiro atoms. The van der Waals surface area contributed by atoms with E-state index in [1.165, 1.54) is 62.8 Å². The van der Waals surface area contributed by atoms with E-state index in [0.29, 0.717) is 125 Å². The lowest BCUT2D eigenvalue weighted by molar-refractivity contribution is 0.0915. The average Bonchev–Trinajstić information content (AvgIpc) is 1.80. The lowest BCUT2D eigenvalue weighted by atomic mass is 10.0. The van der Waals surface area contributed by atoms with Gasteiger partial charge >= 0.3 is 0 Å². The smallest absolute Gasteiger partial charge is 0.181 e. The number of furan rings is 3. The van der Waals surface area contributed by atoms with E-state index in [9.17, 15) is 37.8 Å². The molecule has 0 saturated heterocycles. The zero-order valence-corrected chi connectivity index (χ0v) is 54.0. The fraction of sp³-hybridized carbons (Fsp3) is 0.239. The van der Waals surface area contributed by atoms with Crippen LogP contribution in [0.15, 0.2) is 141 Å². The number of Topliss-reactive ketones (excluding diaryl/α,β-unsaturated/α-hetero) is 3. The number of aromatic nitrogens is 3. The summed E-state index contributed by atoms with van der Waals surface area (Å²) in [6, 6.07) is 33.1. The van der Waals surface area contributed by atoms with Gasteiger partial charge in [-0.3, -0.25) is 14.4 Å². The minimum Gasteiger partial charge on any atom is -0.493 e. The SMILES string of the molecule is CCCOc1ccc(C(=O)CCC(O)c2cc3cc(C)oc3c(-c3ccc(F)c(Cl)c3)n2)cc1OC.COc1cc(C(=O)CCC(=O)c2cc3cc(C)oc3c(-c3ccc(F)c(Cl)c3)n2)ccc1OCCO.Cc1cc2cc(C(O)CN)nc(-c3ccc(F)c(Cl)c3)c2o1. The molecule has 0 saturated carbocycles. The van der Waals surface area contributed by atoms with Gasteiger partial charge in [-0.05, 0) is 161 Å². The molecule has 0 aliphatic rings.